The Labute approximate surface area is 268 Å². The summed E-state index contributed by atoms with van der Waals surface area (Å²) in [5, 5.41) is 1.98. The van der Waals surface area contributed by atoms with Gasteiger partial charge >= 0.3 is 5.97 Å². The van der Waals surface area contributed by atoms with Crippen molar-refractivity contribution in [3.63, 3.8) is 0 Å². The molecule has 0 saturated carbocycles. The van der Waals surface area contributed by atoms with Crippen LogP contribution < -0.4 is 19.4 Å². The molecule has 0 radical (unpaired) electrons. The predicted molar refractivity (Wildman–Crippen MR) is 172 cm³/mol. The third-order valence-electron chi connectivity index (χ3n) is 9.18. The molecular weight excluding hydrogens is 592 g/mol. The Hall–Kier alpha value is -3.89. The first-order chi connectivity index (χ1) is 21.6. The van der Waals surface area contributed by atoms with E-state index in [-0.39, 0.29) is 5.41 Å². The van der Waals surface area contributed by atoms with Gasteiger partial charge in [-0.1, -0.05) is 52.0 Å². The lowest BCUT2D eigenvalue weighted by Crippen LogP contribution is -2.37. The second kappa shape index (κ2) is 12.1. The van der Waals surface area contributed by atoms with Crippen molar-refractivity contribution in [3.05, 3.63) is 70.1 Å². The number of thiophene rings is 1. The van der Waals surface area contributed by atoms with Crippen molar-refractivity contribution < 1.29 is 33.4 Å². The van der Waals surface area contributed by atoms with E-state index in [2.05, 4.69) is 20.8 Å². The van der Waals surface area contributed by atoms with E-state index < -0.39 is 35.8 Å². The fourth-order valence-corrected chi connectivity index (χ4v) is 8.16. The zero-order valence-corrected chi connectivity index (χ0v) is 27.4. The highest BCUT2D eigenvalue weighted by molar-refractivity contribution is 7.17. The maximum atomic E-state index is 14.5. The fraction of sp³-hybridized carbons (Fsp3) is 0.457. The molecule has 45 heavy (non-hydrogen) atoms. The molecule has 3 aliphatic rings. The number of anilines is 2. The number of carbonyl (C=O) groups is 3. The quantitative estimate of drug-likeness (QED) is 0.204. The van der Waals surface area contributed by atoms with Gasteiger partial charge in [0.2, 0.25) is 5.91 Å². The van der Waals surface area contributed by atoms with E-state index in [1.165, 1.54) is 23.3 Å². The largest absolute Gasteiger partial charge is 0.493 e. The Morgan fingerprint density at radius 3 is 2.47 bits per heavy atom. The number of fused-ring (bicyclic) bond motifs is 2. The van der Waals surface area contributed by atoms with Gasteiger partial charge in [0, 0.05) is 4.88 Å². The van der Waals surface area contributed by atoms with Crippen LogP contribution in [-0.4, -0.2) is 44.7 Å². The average molecular weight is 633 g/mol. The predicted octanol–water partition coefficient (Wildman–Crippen LogP) is 6.53. The van der Waals surface area contributed by atoms with Crippen molar-refractivity contribution in [2.75, 3.05) is 30.8 Å². The van der Waals surface area contributed by atoms with Gasteiger partial charge in [0.05, 0.1) is 38.1 Å². The molecule has 0 N–H and O–H groups in total. The number of carbonyl (C=O) groups excluding carboxylic acids is 3. The maximum Gasteiger partial charge on any atom is 0.341 e. The lowest BCUT2D eigenvalue weighted by atomic mass is 9.72. The summed E-state index contributed by atoms with van der Waals surface area (Å²) in [6.07, 6.45) is 2.16. The number of benzene rings is 2. The Morgan fingerprint density at radius 1 is 1.04 bits per heavy atom. The summed E-state index contributed by atoms with van der Waals surface area (Å²) in [5.41, 5.74) is 2.74. The topological polar surface area (TPSA) is 94.6 Å². The van der Waals surface area contributed by atoms with Crippen LogP contribution in [0.2, 0.25) is 0 Å². The van der Waals surface area contributed by atoms with Gasteiger partial charge in [-0.05, 0) is 72.4 Å². The van der Waals surface area contributed by atoms with E-state index in [4.69, 9.17) is 19.0 Å². The van der Waals surface area contributed by atoms with E-state index in [0.29, 0.717) is 46.7 Å². The van der Waals surface area contributed by atoms with E-state index in [9.17, 15) is 14.4 Å². The Kier molecular flexibility index (Phi) is 8.39. The van der Waals surface area contributed by atoms with E-state index in [1.807, 2.05) is 55.5 Å². The van der Waals surface area contributed by atoms with Gasteiger partial charge in [-0.15, -0.1) is 11.3 Å². The number of hydroxylamine groups is 1. The monoisotopic (exact) mass is 632 g/mol. The third-order valence-corrected chi connectivity index (χ3v) is 10.4. The number of hydrogen-bond donors (Lipinski definition) is 0. The Balaban J connectivity index is 1.42. The molecule has 3 heterocycles. The molecule has 2 amide bonds. The van der Waals surface area contributed by atoms with E-state index >= 15 is 0 Å². The lowest BCUT2D eigenvalue weighted by Gasteiger charge is -2.33. The maximum absolute atomic E-state index is 14.5. The molecule has 2 fully saturated rings. The van der Waals surface area contributed by atoms with Gasteiger partial charge in [0.1, 0.15) is 10.9 Å². The van der Waals surface area contributed by atoms with Crippen molar-refractivity contribution in [3.8, 4) is 11.5 Å². The summed E-state index contributed by atoms with van der Waals surface area (Å²) >= 11 is 1.36. The van der Waals surface area contributed by atoms with Crippen molar-refractivity contribution in [2.45, 2.75) is 65.5 Å². The van der Waals surface area contributed by atoms with Gasteiger partial charge in [-0.2, -0.15) is 0 Å². The third kappa shape index (κ3) is 5.37. The number of esters is 1. The molecule has 10 heteroatoms. The van der Waals surface area contributed by atoms with Crippen LogP contribution in [0.3, 0.4) is 0 Å². The second-order valence-corrected chi connectivity index (χ2v) is 14.0. The number of imide groups is 1. The summed E-state index contributed by atoms with van der Waals surface area (Å²) in [7, 11) is 2.90. The SMILES string of the molecule is CCCOc1ccc([C@@H]2[C@@H]3C(=O)N(c4sc5c(c4C(=O)OC)CC[C@@H](C(C)(C)C)C5)C(=O)[C@H]3ON2c2ccccc2)cc1OC. The van der Waals surface area contributed by atoms with Crippen LogP contribution in [0.5, 0.6) is 11.5 Å². The zero-order valence-electron chi connectivity index (χ0n) is 26.6. The average Bonchev–Trinajstić information content (AvgIpc) is 3.69. The molecule has 2 aromatic carbocycles. The van der Waals surface area contributed by atoms with Crippen molar-refractivity contribution in [1.29, 1.82) is 0 Å². The van der Waals surface area contributed by atoms with Crippen LogP contribution in [0.1, 0.15) is 72.9 Å². The molecule has 238 valence electrons. The summed E-state index contributed by atoms with van der Waals surface area (Å²) in [6, 6.07) is 14.3. The number of para-hydroxylation sites is 1. The standard InChI is InChI=1S/C35H40N2O7S/c1-7-17-43-24-16-13-20(18-25(24)41-5)29-28-30(44-37(29)22-11-9-8-10-12-22)32(39)36(31(28)38)33-27(34(40)42-6)23-15-14-21(35(2,3)4)19-26(23)45-33/h8-13,16,18,21,28-30H,7,14-15,17,19H2,1-6H3/t21-,28+,29-,30+/m1/s1. The van der Waals surface area contributed by atoms with Gasteiger partial charge in [-0.25, -0.2) is 14.8 Å². The van der Waals surface area contributed by atoms with Crippen LogP contribution in [0, 0.1) is 17.3 Å². The molecule has 4 atom stereocenters. The molecule has 2 saturated heterocycles. The van der Waals surface area contributed by atoms with Crippen LogP contribution in [0.15, 0.2) is 48.5 Å². The van der Waals surface area contributed by atoms with Crippen molar-refractivity contribution >= 4 is 39.8 Å². The van der Waals surface area contributed by atoms with Gasteiger partial charge in [0.15, 0.2) is 17.6 Å². The number of rotatable bonds is 8. The molecule has 0 unspecified atom stereocenters. The summed E-state index contributed by atoms with van der Waals surface area (Å²) in [6.45, 7) is 9.23. The number of amides is 2. The molecule has 1 aliphatic carbocycles. The molecular formula is C35H40N2O7S. The highest BCUT2D eigenvalue weighted by Crippen LogP contribution is 2.52. The first-order valence-electron chi connectivity index (χ1n) is 15.5. The number of ether oxygens (including phenoxy) is 3. The van der Waals surface area contributed by atoms with E-state index in [1.54, 1.807) is 12.2 Å². The minimum atomic E-state index is -1.07. The summed E-state index contributed by atoms with van der Waals surface area (Å²) < 4.78 is 16.8. The number of methoxy groups -OCH3 is 2. The second-order valence-electron chi connectivity index (χ2n) is 12.9. The van der Waals surface area contributed by atoms with Gasteiger partial charge in [0.25, 0.3) is 5.91 Å². The van der Waals surface area contributed by atoms with Gasteiger partial charge in [-0.3, -0.25) is 14.4 Å². The molecule has 3 aromatic rings. The van der Waals surface area contributed by atoms with Crippen molar-refractivity contribution in [1.82, 2.24) is 0 Å². The first-order valence-corrected chi connectivity index (χ1v) is 16.3. The minimum Gasteiger partial charge on any atom is -0.493 e. The Bertz CT molecular complexity index is 1610. The normalized spacial score (nSPS) is 22.8. The smallest absolute Gasteiger partial charge is 0.341 e. The summed E-state index contributed by atoms with van der Waals surface area (Å²) in [5.74, 6) is -0.756. The zero-order chi connectivity index (χ0) is 32.0. The van der Waals surface area contributed by atoms with Crippen LogP contribution in [0.4, 0.5) is 10.7 Å². The van der Waals surface area contributed by atoms with E-state index in [0.717, 1.165) is 35.3 Å². The van der Waals surface area contributed by atoms with Crippen LogP contribution in [0.25, 0.3) is 0 Å². The molecule has 6 rings (SSSR count). The molecule has 0 spiro atoms. The molecule has 9 nitrogen and oxygen atoms in total. The van der Waals surface area contributed by atoms with Crippen LogP contribution >= 0.6 is 11.3 Å². The first kappa shape index (κ1) is 31.1. The van der Waals surface area contributed by atoms with Crippen LogP contribution in [-0.2, 0) is 32.0 Å². The molecule has 1 aromatic heterocycles. The highest BCUT2D eigenvalue weighted by Gasteiger charge is 2.61. The van der Waals surface area contributed by atoms with Crippen molar-refractivity contribution in [2.24, 2.45) is 17.3 Å². The molecule has 2 aliphatic heterocycles. The fourth-order valence-electron chi connectivity index (χ4n) is 6.73. The minimum absolute atomic E-state index is 0.0870. The highest BCUT2D eigenvalue weighted by atomic mass is 32.1. The van der Waals surface area contributed by atoms with Gasteiger partial charge < -0.3 is 14.2 Å². The number of nitrogens with zero attached hydrogens (tertiary/aromatic N) is 2. The Morgan fingerprint density at radius 2 is 1.80 bits per heavy atom. The lowest BCUT2D eigenvalue weighted by molar-refractivity contribution is -0.126. The summed E-state index contributed by atoms with van der Waals surface area (Å²) in [4.78, 5) is 50.5. The number of hydrogen-bond acceptors (Lipinski definition) is 9. The molecule has 0 bridgehead atoms.